The van der Waals surface area contributed by atoms with Gasteiger partial charge in [-0.25, -0.2) is 0 Å². The molecule has 4 aliphatic rings. The molecule has 5 N–H and O–H groups in total. The number of aliphatic hydroxyl groups is 4. The number of carbonyl (C=O) groups is 1. The molecule has 58 heavy (non-hydrogen) atoms. The Balaban J connectivity index is 1.83. The maximum Gasteiger partial charge on any atom is 0.311 e. The Hall–Kier alpha value is -1.09. The quantitative estimate of drug-likeness (QED) is 0.142. The van der Waals surface area contributed by atoms with Gasteiger partial charge in [-0.15, -0.1) is 0 Å². The van der Waals surface area contributed by atoms with Gasteiger partial charge in [0.05, 0.1) is 67.5 Å². The molecule has 340 valence electrons. The van der Waals surface area contributed by atoms with Crippen LogP contribution in [0.3, 0.4) is 0 Å². The minimum absolute atomic E-state index is 0.137. The Kier molecular flexibility index (Phi) is 17.4. The Morgan fingerprint density at radius 2 is 1.59 bits per heavy atom. The van der Waals surface area contributed by atoms with Crippen LogP contribution < -0.4 is 5.32 Å². The van der Waals surface area contributed by atoms with Crippen molar-refractivity contribution in [2.45, 2.75) is 191 Å². The van der Waals surface area contributed by atoms with E-state index in [9.17, 15) is 25.2 Å². The van der Waals surface area contributed by atoms with Crippen LogP contribution in [0.15, 0.2) is 0 Å². The average molecular weight is 835 g/mol. The number of rotatable bonds is 12. The van der Waals surface area contributed by atoms with E-state index in [-0.39, 0.29) is 55.9 Å². The summed E-state index contributed by atoms with van der Waals surface area (Å²) in [6.45, 7) is 19.1. The second kappa shape index (κ2) is 20.4. The number of esters is 1. The highest BCUT2D eigenvalue weighted by molar-refractivity contribution is 5.73. The van der Waals surface area contributed by atoms with Crippen LogP contribution in [0.25, 0.3) is 0 Å². The molecule has 4 heterocycles. The highest BCUT2D eigenvalue weighted by Gasteiger charge is 2.55. The van der Waals surface area contributed by atoms with Crippen LogP contribution in [0.1, 0.15) is 94.9 Å². The molecule has 4 rings (SSSR count). The van der Waals surface area contributed by atoms with Gasteiger partial charge in [0.1, 0.15) is 30.1 Å². The van der Waals surface area contributed by atoms with Gasteiger partial charge < -0.3 is 68.0 Å². The Morgan fingerprint density at radius 3 is 2.19 bits per heavy atom. The van der Waals surface area contributed by atoms with Crippen molar-refractivity contribution in [1.29, 1.82) is 0 Å². The van der Waals surface area contributed by atoms with E-state index in [1.807, 2.05) is 53.6 Å². The Labute approximate surface area is 346 Å². The summed E-state index contributed by atoms with van der Waals surface area (Å²) in [4.78, 5) is 16.4. The molecule has 4 aliphatic heterocycles. The first kappa shape index (κ1) is 49.6. The summed E-state index contributed by atoms with van der Waals surface area (Å²) in [6, 6.07) is -0.593. The van der Waals surface area contributed by atoms with E-state index >= 15 is 0 Å². The van der Waals surface area contributed by atoms with Crippen LogP contribution in [-0.2, 0) is 47.4 Å². The predicted octanol–water partition coefficient (Wildman–Crippen LogP) is 2.20. The monoisotopic (exact) mass is 835 g/mol. The molecular weight excluding hydrogens is 756 g/mol. The van der Waals surface area contributed by atoms with Crippen molar-refractivity contribution in [3.63, 3.8) is 0 Å². The molecule has 0 unspecified atom stereocenters. The van der Waals surface area contributed by atoms with Gasteiger partial charge in [-0.2, -0.15) is 0 Å². The van der Waals surface area contributed by atoms with Gasteiger partial charge >= 0.3 is 5.97 Å². The topological polar surface area (TPSA) is 196 Å². The number of hydrogen-bond donors (Lipinski definition) is 5. The van der Waals surface area contributed by atoms with Crippen LogP contribution in [0.5, 0.6) is 0 Å². The molecule has 0 aliphatic carbocycles. The summed E-state index contributed by atoms with van der Waals surface area (Å²) >= 11 is 0. The van der Waals surface area contributed by atoms with E-state index in [1.165, 1.54) is 7.11 Å². The van der Waals surface area contributed by atoms with Crippen molar-refractivity contribution in [3.8, 4) is 0 Å². The molecular formula is C42H78N2O14. The van der Waals surface area contributed by atoms with Crippen molar-refractivity contribution in [2.75, 3.05) is 48.1 Å². The lowest BCUT2D eigenvalue weighted by Gasteiger charge is -2.52. The Morgan fingerprint density at radius 1 is 0.914 bits per heavy atom. The molecule has 0 aromatic heterocycles. The Bertz CT molecular complexity index is 1290. The maximum absolute atomic E-state index is 14.5. The number of cyclic esters (lactones) is 1. The van der Waals surface area contributed by atoms with Gasteiger partial charge in [0.15, 0.2) is 12.6 Å². The molecule has 0 aromatic rings. The van der Waals surface area contributed by atoms with Crippen LogP contribution in [0.2, 0.25) is 0 Å². The molecule has 0 saturated carbocycles. The summed E-state index contributed by atoms with van der Waals surface area (Å²) in [5.41, 5.74) is -4.27. The van der Waals surface area contributed by atoms with E-state index in [0.717, 1.165) is 0 Å². The molecule has 0 radical (unpaired) electrons. The third kappa shape index (κ3) is 11.1. The summed E-state index contributed by atoms with van der Waals surface area (Å²) in [7, 11) is 6.90. The molecule has 4 fully saturated rings. The third-order valence-electron chi connectivity index (χ3n) is 13.5. The molecule has 0 amide bonds. The fraction of sp³-hybridized carbons (Fsp3) is 0.976. The average Bonchev–Trinajstić information content (AvgIpc) is 3.15. The minimum atomic E-state index is -1.64. The minimum Gasteiger partial charge on any atom is -0.459 e. The number of nitrogens with zero attached hydrogens (tertiary/aromatic N) is 1. The second-order valence-electron chi connectivity index (χ2n) is 18.6. The number of carbonyl (C=O) groups excluding carboxylic acids is 1. The van der Waals surface area contributed by atoms with Crippen LogP contribution >= 0.6 is 0 Å². The molecule has 20 atom stereocenters. The molecule has 16 heteroatoms. The SMILES string of the molecule is CC[C@H]1OC(=O)[C@H](C)[C@@H](O[C@H]2C[C@@](C)(OC)[C@@H](O)[C@H](C)O2)[C@H](C)[C@@H](O[C@@H]2O[C@H](C)C[C@H](N(C)C)[C@@H]2O)[C@](C)(O)C[C@@H](C)[C@@H]2N[C@@H](COCCOC)O[C@@H]([C@@H]2C)[C@]1(C)O. The molecule has 2 bridgehead atoms. The fourth-order valence-corrected chi connectivity index (χ4v) is 10.0. The highest BCUT2D eigenvalue weighted by Crippen LogP contribution is 2.43. The van der Waals surface area contributed by atoms with Gasteiger partial charge in [0.2, 0.25) is 0 Å². The fourth-order valence-electron chi connectivity index (χ4n) is 10.0. The summed E-state index contributed by atoms with van der Waals surface area (Å²) < 4.78 is 55.7. The summed E-state index contributed by atoms with van der Waals surface area (Å²) in [5, 5.41) is 51.5. The molecule has 4 saturated heterocycles. The van der Waals surface area contributed by atoms with E-state index < -0.39 is 96.1 Å². The van der Waals surface area contributed by atoms with Crippen molar-refractivity contribution in [3.05, 3.63) is 0 Å². The number of methoxy groups -OCH3 is 2. The standard InChI is InChI=1S/C42H78N2O14/c1-15-29-42(10,49)37-24(4)32(43-30(56-37)21-52-17-16-50-13)22(2)19-40(8,48)36(58-39-33(45)28(44(11)12)18-23(3)53-39)25(5)34(26(6)38(47)55-29)57-31-20-41(9,51-14)35(46)27(7)54-31/h22-37,39,43,45-46,48-49H,15-21H2,1-14H3/t22-,23-,24-,25+,26-,27+,28+,29-,30-,31+,32+,33+,34+,35+,36-,37+,39+,40-,41-,42-/m1/s1. The number of nitrogens with one attached hydrogen (secondary N) is 1. The van der Waals surface area contributed by atoms with Crippen molar-refractivity contribution < 1.29 is 67.9 Å². The lowest BCUT2D eigenvalue weighted by molar-refractivity contribution is -0.318. The van der Waals surface area contributed by atoms with E-state index in [4.69, 9.17) is 42.6 Å². The number of hydrogen-bond acceptors (Lipinski definition) is 16. The molecule has 0 aromatic carbocycles. The van der Waals surface area contributed by atoms with E-state index in [2.05, 4.69) is 5.32 Å². The van der Waals surface area contributed by atoms with Gasteiger partial charge in [-0.05, 0) is 80.8 Å². The van der Waals surface area contributed by atoms with Gasteiger partial charge in [-0.3, -0.25) is 10.1 Å². The number of aliphatic hydroxyl groups excluding tert-OH is 2. The molecule has 16 nitrogen and oxygen atoms in total. The van der Waals surface area contributed by atoms with E-state index in [0.29, 0.717) is 19.6 Å². The van der Waals surface area contributed by atoms with Crippen LogP contribution in [-0.4, -0.2) is 176 Å². The van der Waals surface area contributed by atoms with Crippen LogP contribution in [0, 0.1) is 23.7 Å². The number of ether oxygens (including phenoxy) is 9. The van der Waals surface area contributed by atoms with Crippen molar-refractivity contribution >= 4 is 5.97 Å². The third-order valence-corrected chi connectivity index (χ3v) is 13.5. The largest absolute Gasteiger partial charge is 0.459 e. The highest BCUT2D eigenvalue weighted by atomic mass is 16.7. The first-order valence-corrected chi connectivity index (χ1v) is 21.4. The second-order valence-corrected chi connectivity index (χ2v) is 18.6. The van der Waals surface area contributed by atoms with E-state index in [1.54, 1.807) is 41.7 Å². The molecule has 0 spiro atoms. The normalized spacial score (nSPS) is 48.7. The lowest BCUT2D eigenvalue weighted by Crippen LogP contribution is -2.67. The summed E-state index contributed by atoms with van der Waals surface area (Å²) in [5.74, 6) is -2.95. The van der Waals surface area contributed by atoms with Gasteiger partial charge in [0.25, 0.3) is 0 Å². The van der Waals surface area contributed by atoms with Crippen LogP contribution in [0.4, 0.5) is 0 Å². The smallest absolute Gasteiger partial charge is 0.311 e. The van der Waals surface area contributed by atoms with Gasteiger partial charge in [0, 0.05) is 44.6 Å². The first-order chi connectivity index (χ1) is 27.0. The van der Waals surface area contributed by atoms with Gasteiger partial charge in [-0.1, -0.05) is 27.7 Å². The lowest BCUT2D eigenvalue weighted by atomic mass is 9.71. The number of fused-ring (bicyclic) bond motifs is 2. The maximum atomic E-state index is 14.5. The number of likely N-dealkylation sites (N-methyl/N-ethyl adjacent to an activating group) is 1. The zero-order valence-corrected chi connectivity index (χ0v) is 37.6. The summed E-state index contributed by atoms with van der Waals surface area (Å²) in [6.07, 6.45) is -8.29. The van der Waals surface area contributed by atoms with Crippen molar-refractivity contribution in [2.24, 2.45) is 23.7 Å². The zero-order valence-electron chi connectivity index (χ0n) is 37.6. The predicted molar refractivity (Wildman–Crippen MR) is 214 cm³/mol. The van der Waals surface area contributed by atoms with Crippen molar-refractivity contribution in [1.82, 2.24) is 10.2 Å². The first-order valence-electron chi connectivity index (χ1n) is 21.4. The zero-order chi connectivity index (χ0) is 43.5.